The molecule has 1 aromatic heterocycles. The molecule has 0 spiro atoms. The SMILES string of the molecule is NCC1Cc2ccccc2I2C[C@H]2c2cnccc21. The van der Waals surface area contributed by atoms with Gasteiger partial charge >= 0.3 is 121 Å². The summed E-state index contributed by atoms with van der Waals surface area (Å²) in [5, 5.41) is 0. The van der Waals surface area contributed by atoms with E-state index < -0.39 is 19.8 Å². The molecule has 2 aromatic rings. The molecule has 0 saturated carbocycles. The second-order valence-electron chi connectivity index (χ2n) is 5.25. The Morgan fingerprint density at radius 3 is 3.00 bits per heavy atom. The number of nitrogens with zero attached hydrogens (tertiary/aromatic N) is 1. The summed E-state index contributed by atoms with van der Waals surface area (Å²) in [6.45, 7) is 0.728. The van der Waals surface area contributed by atoms with Crippen molar-refractivity contribution in [1.29, 1.82) is 0 Å². The van der Waals surface area contributed by atoms with Crippen LogP contribution in [0.1, 0.15) is 26.5 Å². The van der Waals surface area contributed by atoms with E-state index in [0.717, 1.165) is 16.9 Å². The summed E-state index contributed by atoms with van der Waals surface area (Å²) in [6.07, 6.45) is 5.13. The number of aromatic nitrogens is 1. The summed E-state index contributed by atoms with van der Waals surface area (Å²) >= 11 is -0.943. The molecule has 2 nitrogen and oxygen atoms in total. The van der Waals surface area contributed by atoms with Gasteiger partial charge in [-0.3, -0.25) is 0 Å². The zero-order valence-corrected chi connectivity index (χ0v) is 12.9. The maximum atomic E-state index is 6.05. The number of nitrogens with two attached hydrogens (primary N) is 1. The van der Waals surface area contributed by atoms with Crippen molar-refractivity contribution in [1.82, 2.24) is 4.98 Å². The first-order valence-corrected chi connectivity index (χ1v) is 10.6. The fourth-order valence-corrected chi connectivity index (χ4v) is 9.91. The molecule has 0 aliphatic carbocycles. The normalized spacial score (nSPS) is 25.6. The van der Waals surface area contributed by atoms with E-state index >= 15 is 0 Å². The first kappa shape index (κ1) is 11.9. The van der Waals surface area contributed by atoms with Crippen molar-refractivity contribution in [3.63, 3.8) is 0 Å². The second kappa shape index (κ2) is 4.56. The molecule has 3 heterocycles. The molecule has 2 N–H and O–H groups in total. The van der Waals surface area contributed by atoms with Crippen molar-refractivity contribution in [2.75, 3.05) is 11.0 Å². The monoisotopic (exact) mass is 364 g/mol. The summed E-state index contributed by atoms with van der Waals surface area (Å²) in [5.74, 6) is 0.456. The van der Waals surface area contributed by atoms with E-state index in [1.807, 2.05) is 6.20 Å². The molecule has 19 heavy (non-hydrogen) atoms. The standard InChI is InChI=1S/C16H17IN2/c18-9-12-7-11-3-1-2-4-15(11)17-8-16(17)14-10-19-6-5-13(12)14/h1-6,10,12,16H,7-9,18H2/t12?,16-/m0/s1. The van der Waals surface area contributed by atoms with Crippen molar-refractivity contribution >= 4 is 19.8 Å². The molecule has 0 radical (unpaired) electrons. The Labute approximate surface area is 120 Å². The summed E-state index contributed by atoms with van der Waals surface area (Å²) in [4.78, 5) is 4.36. The molecule has 1 fully saturated rings. The zero-order chi connectivity index (χ0) is 12.8. The van der Waals surface area contributed by atoms with Crippen LogP contribution in [0.2, 0.25) is 0 Å². The van der Waals surface area contributed by atoms with Gasteiger partial charge in [-0.15, -0.1) is 0 Å². The molecule has 98 valence electrons. The van der Waals surface area contributed by atoms with E-state index in [4.69, 9.17) is 5.73 Å². The molecule has 0 amide bonds. The number of benzene rings is 1. The maximum absolute atomic E-state index is 6.05. The number of alkyl halides is 2. The van der Waals surface area contributed by atoms with Crippen LogP contribution in [0, 0.1) is 3.57 Å². The van der Waals surface area contributed by atoms with E-state index in [1.54, 1.807) is 9.13 Å². The fraction of sp³-hybridized carbons (Fsp3) is 0.312. The minimum absolute atomic E-state index is 0.456. The van der Waals surface area contributed by atoms with Gasteiger partial charge in [-0.2, -0.15) is 0 Å². The van der Waals surface area contributed by atoms with Gasteiger partial charge in [0.05, 0.1) is 0 Å². The third-order valence-corrected chi connectivity index (χ3v) is 10.3. The van der Waals surface area contributed by atoms with Crippen LogP contribution in [0.4, 0.5) is 0 Å². The van der Waals surface area contributed by atoms with E-state index in [9.17, 15) is 0 Å². The van der Waals surface area contributed by atoms with Crippen molar-refractivity contribution < 1.29 is 0 Å². The molecule has 2 aliphatic rings. The molecule has 0 bridgehead atoms. The van der Waals surface area contributed by atoms with Crippen molar-refractivity contribution in [2.45, 2.75) is 16.3 Å². The quantitative estimate of drug-likeness (QED) is 0.624. The third-order valence-electron chi connectivity index (χ3n) is 4.15. The Morgan fingerprint density at radius 2 is 2.11 bits per heavy atom. The van der Waals surface area contributed by atoms with Crippen LogP contribution in [-0.2, 0) is 6.42 Å². The molecule has 4 rings (SSSR count). The van der Waals surface area contributed by atoms with Gasteiger partial charge in [0.15, 0.2) is 0 Å². The second-order valence-corrected chi connectivity index (χ2v) is 11.1. The number of hydrogen-bond donors (Lipinski definition) is 1. The molecular weight excluding hydrogens is 347 g/mol. The number of fused-ring (bicyclic) bond motifs is 5. The van der Waals surface area contributed by atoms with Crippen LogP contribution in [0.15, 0.2) is 42.7 Å². The van der Waals surface area contributed by atoms with Gasteiger partial charge in [0.25, 0.3) is 0 Å². The molecule has 3 heteroatoms. The molecule has 1 unspecified atom stereocenters. The number of hydrogen-bond acceptors (Lipinski definition) is 2. The van der Waals surface area contributed by atoms with Crippen LogP contribution in [-0.4, -0.2) is 16.0 Å². The first-order valence-electron chi connectivity index (χ1n) is 6.74. The zero-order valence-electron chi connectivity index (χ0n) is 10.7. The average Bonchev–Trinajstić information content (AvgIpc) is 3.23. The fourth-order valence-electron chi connectivity index (χ4n) is 3.10. The van der Waals surface area contributed by atoms with Gasteiger partial charge in [-0.25, -0.2) is 0 Å². The van der Waals surface area contributed by atoms with Crippen LogP contribution < -0.4 is 5.73 Å². The topological polar surface area (TPSA) is 38.9 Å². The van der Waals surface area contributed by atoms with Crippen LogP contribution in [0.3, 0.4) is 0 Å². The number of halogens is 1. The van der Waals surface area contributed by atoms with Crippen molar-refractivity contribution in [3.05, 3.63) is 63.0 Å². The summed E-state index contributed by atoms with van der Waals surface area (Å²) in [5.41, 5.74) is 10.6. The third kappa shape index (κ3) is 1.91. The van der Waals surface area contributed by atoms with Crippen LogP contribution in [0.25, 0.3) is 0 Å². The van der Waals surface area contributed by atoms with E-state index in [0.29, 0.717) is 5.92 Å². The molecule has 2 aliphatic heterocycles. The Kier molecular flexibility index (Phi) is 2.84. The van der Waals surface area contributed by atoms with Gasteiger partial charge in [-0.1, -0.05) is 0 Å². The van der Waals surface area contributed by atoms with Gasteiger partial charge in [0.2, 0.25) is 0 Å². The molecular formula is C16H17IN2. The van der Waals surface area contributed by atoms with Gasteiger partial charge in [-0.05, 0) is 0 Å². The average molecular weight is 364 g/mol. The molecule has 1 saturated heterocycles. The summed E-state index contributed by atoms with van der Waals surface area (Å²) < 4.78 is 3.95. The van der Waals surface area contributed by atoms with Crippen molar-refractivity contribution in [2.24, 2.45) is 5.73 Å². The number of pyridine rings is 1. The van der Waals surface area contributed by atoms with Gasteiger partial charge in [0.1, 0.15) is 0 Å². The van der Waals surface area contributed by atoms with E-state index in [1.165, 1.54) is 15.6 Å². The summed E-state index contributed by atoms with van der Waals surface area (Å²) in [6, 6.07) is 11.3. The van der Waals surface area contributed by atoms with E-state index in [-0.39, 0.29) is 0 Å². The molecule has 1 aromatic carbocycles. The Balaban J connectivity index is 1.87. The van der Waals surface area contributed by atoms with Crippen LogP contribution >= 0.6 is 19.8 Å². The van der Waals surface area contributed by atoms with Gasteiger partial charge < -0.3 is 0 Å². The van der Waals surface area contributed by atoms with Crippen molar-refractivity contribution in [3.8, 4) is 0 Å². The number of rotatable bonds is 1. The Hall–Kier alpha value is -0.940. The van der Waals surface area contributed by atoms with E-state index in [2.05, 4.69) is 41.5 Å². The van der Waals surface area contributed by atoms with Gasteiger partial charge in [0, 0.05) is 0 Å². The Morgan fingerprint density at radius 1 is 1.21 bits per heavy atom. The predicted octanol–water partition coefficient (Wildman–Crippen LogP) is 3.11. The Bertz CT molecular complexity index is 626. The predicted molar refractivity (Wildman–Crippen MR) is 86.5 cm³/mol. The molecule has 2 atom stereocenters. The van der Waals surface area contributed by atoms with Crippen LogP contribution in [0.5, 0.6) is 0 Å². The minimum atomic E-state index is -0.943. The summed E-state index contributed by atoms with van der Waals surface area (Å²) in [7, 11) is 0. The first-order chi connectivity index (χ1) is 9.38.